The highest BCUT2D eigenvalue weighted by molar-refractivity contribution is 7.85. The summed E-state index contributed by atoms with van der Waals surface area (Å²) in [7, 11) is -3.44. The van der Waals surface area contributed by atoms with Gasteiger partial charge >= 0.3 is 0 Å². The van der Waals surface area contributed by atoms with Crippen LogP contribution in [0.15, 0.2) is 0 Å². The van der Waals surface area contributed by atoms with Crippen LogP contribution in [-0.4, -0.2) is 123 Å². The first-order valence-electron chi connectivity index (χ1n) is 11.6. The molecule has 204 valence electrons. The summed E-state index contributed by atoms with van der Waals surface area (Å²) in [6.07, 6.45) is -0.515. The largest absolute Gasteiger partial charge is 0.377 e. The number of hydrogen-bond donors (Lipinski definition) is 1. The molecule has 1 N–H and O–H groups in total. The van der Waals surface area contributed by atoms with Crippen LogP contribution in [0.5, 0.6) is 0 Å². The number of amides is 1. The molecule has 0 radical (unpaired) electrons. The Morgan fingerprint density at radius 2 is 1.49 bits per heavy atom. The second-order valence-corrected chi connectivity index (χ2v) is 10.7. The average Bonchev–Trinajstić information content (AvgIpc) is 3.30. The standard InChI is InChI=1S/C21H37NO12S/c1-15(23)22-16-17-18(33-20(2,3)32-17)21(14-30-19(16)34-21)13-29-10-9-27-6-5-26-7-8-28-11-12-31-35(4,24)25/h16-19H,5-14H2,1-4H3,(H,22,23)/t16-,17-,18-,19+,21+/m1/s1. The monoisotopic (exact) mass is 527 g/mol. The third kappa shape index (κ3) is 8.55. The Hall–Kier alpha value is -0.940. The van der Waals surface area contributed by atoms with E-state index in [1.807, 2.05) is 13.8 Å². The Kier molecular flexibility index (Phi) is 10.3. The van der Waals surface area contributed by atoms with Crippen molar-refractivity contribution in [2.24, 2.45) is 0 Å². The topological polar surface area (TPSA) is 146 Å². The van der Waals surface area contributed by atoms with Gasteiger partial charge in [-0.1, -0.05) is 0 Å². The summed E-state index contributed by atoms with van der Waals surface area (Å²) in [6.45, 7) is 7.93. The van der Waals surface area contributed by atoms with E-state index < -0.39 is 46.0 Å². The molecule has 3 aliphatic rings. The fourth-order valence-electron chi connectivity index (χ4n) is 4.15. The molecule has 35 heavy (non-hydrogen) atoms. The molecule has 0 aromatic heterocycles. The van der Waals surface area contributed by atoms with Gasteiger partial charge in [-0.05, 0) is 13.8 Å². The summed E-state index contributed by atoms with van der Waals surface area (Å²) in [6, 6.07) is -0.468. The van der Waals surface area contributed by atoms with E-state index in [-0.39, 0.29) is 32.3 Å². The van der Waals surface area contributed by atoms with Gasteiger partial charge in [0.25, 0.3) is 10.1 Å². The molecule has 3 rings (SSSR count). The molecule has 1 amide bonds. The van der Waals surface area contributed by atoms with Crippen molar-refractivity contribution in [3.8, 4) is 0 Å². The van der Waals surface area contributed by atoms with Crippen molar-refractivity contribution < 1.29 is 55.3 Å². The molecule has 0 aromatic carbocycles. The summed E-state index contributed by atoms with van der Waals surface area (Å²) in [5, 5.41) is 2.86. The maximum absolute atomic E-state index is 11.7. The van der Waals surface area contributed by atoms with Crippen LogP contribution in [0.25, 0.3) is 0 Å². The first-order chi connectivity index (χ1) is 16.5. The van der Waals surface area contributed by atoms with Crippen molar-refractivity contribution >= 4 is 16.0 Å². The first kappa shape index (κ1) is 28.6. The SMILES string of the molecule is CC(=O)N[C@H]1[C@H]2OC[C@](COCCOCCOCCOCCOS(C)(=O)=O)(O2)[C@@H]2OC(C)(C)O[C@H]12. The first-order valence-corrected chi connectivity index (χ1v) is 13.4. The average molecular weight is 528 g/mol. The van der Waals surface area contributed by atoms with Crippen LogP contribution in [-0.2, 0) is 57.0 Å². The highest BCUT2D eigenvalue weighted by Crippen LogP contribution is 2.46. The van der Waals surface area contributed by atoms with Gasteiger partial charge in [0.15, 0.2) is 12.1 Å². The van der Waals surface area contributed by atoms with Crippen LogP contribution >= 0.6 is 0 Å². The Morgan fingerprint density at radius 1 is 0.914 bits per heavy atom. The van der Waals surface area contributed by atoms with Crippen molar-refractivity contribution in [1.29, 1.82) is 0 Å². The van der Waals surface area contributed by atoms with E-state index in [2.05, 4.69) is 9.50 Å². The van der Waals surface area contributed by atoms with E-state index in [1.165, 1.54) is 6.92 Å². The Morgan fingerprint density at radius 3 is 2.06 bits per heavy atom. The fraction of sp³-hybridized carbons (Fsp3) is 0.952. The van der Waals surface area contributed by atoms with Crippen LogP contribution in [0.4, 0.5) is 0 Å². The number of carbonyl (C=O) groups is 1. The van der Waals surface area contributed by atoms with Gasteiger partial charge < -0.3 is 43.2 Å². The minimum atomic E-state index is -3.44. The van der Waals surface area contributed by atoms with Gasteiger partial charge in [-0.15, -0.1) is 0 Å². The molecule has 0 aliphatic carbocycles. The quantitative estimate of drug-likeness (QED) is 0.198. The lowest BCUT2D eigenvalue weighted by atomic mass is 9.88. The molecule has 0 unspecified atom stereocenters. The molecule has 3 fully saturated rings. The molecular formula is C21H37NO12S. The van der Waals surface area contributed by atoms with Gasteiger partial charge in [-0.25, -0.2) is 0 Å². The number of rotatable bonds is 16. The number of nitrogens with one attached hydrogen (secondary N) is 1. The highest BCUT2D eigenvalue weighted by atomic mass is 32.2. The Balaban J connectivity index is 1.27. The van der Waals surface area contributed by atoms with Gasteiger partial charge in [-0.3, -0.25) is 8.98 Å². The second kappa shape index (κ2) is 12.5. The zero-order valence-electron chi connectivity index (χ0n) is 20.7. The molecule has 3 saturated heterocycles. The molecule has 13 nitrogen and oxygen atoms in total. The molecule has 2 bridgehead atoms. The maximum Gasteiger partial charge on any atom is 0.264 e. The molecule has 14 heteroatoms. The highest BCUT2D eigenvalue weighted by Gasteiger charge is 2.66. The Bertz CT molecular complexity index is 793. The van der Waals surface area contributed by atoms with Gasteiger partial charge in [0.05, 0.1) is 72.3 Å². The number of carbonyl (C=O) groups excluding carboxylic acids is 1. The van der Waals surface area contributed by atoms with Gasteiger partial charge in [0.1, 0.15) is 23.9 Å². The summed E-state index contributed by atoms with van der Waals surface area (Å²) < 4.78 is 72.2. The number of fused-ring (bicyclic) bond motifs is 4. The molecule has 5 atom stereocenters. The van der Waals surface area contributed by atoms with Crippen LogP contribution in [0.2, 0.25) is 0 Å². The summed E-state index contributed by atoms with van der Waals surface area (Å²) >= 11 is 0. The fourth-order valence-corrected chi connectivity index (χ4v) is 4.52. The van der Waals surface area contributed by atoms with Crippen molar-refractivity contribution in [2.75, 3.05) is 72.3 Å². The van der Waals surface area contributed by atoms with Crippen molar-refractivity contribution in [1.82, 2.24) is 5.32 Å². The normalized spacial score (nSPS) is 31.4. The van der Waals surface area contributed by atoms with E-state index in [9.17, 15) is 13.2 Å². The van der Waals surface area contributed by atoms with Gasteiger partial charge in [0.2, 0.25) is 5.91 Å². The van der Waals surface area contributed by atoms with Crippen LogP contribution < -0.4 is 5.32 Å². The number of hydrogen-bond acceptors (Lipinski definition) is 12. The molecule has 3 heterocycles. The lowest BCUT2D eigenvalue weighted by Gasteiger charge is -2.42. The zero-order valence-corrected chi connectivity index (χ0v) is 21.5. The molecule has 3 aliphatic heterocycles. The van der Waals surface area contributed by atoms with Crippen molar-refractivity contribution in [3.63, 3.8) is 0 Å². The van der Waals surface area contributed by atoms with E-state index in [0.717, 1.165) is 6.26 Å². The van der Waals surface area contributed by atoms with E-state index in [1.54, 1.807) is 0 Å². The van der Waals surface area contributed by atoms with Gasteiger partial charge in [0, 0.05) is 6.92 Å². The summed E-state index contributed by atoms with van der Waals surface area (Å²) in [5.74, 6) is -1.01. The minimum Gasteiger partial charge on any atom is -0.377 e. The summed E-state index contributed by atoms with van der Waals surface area (Å²) in [4.78, 5) is 11.7. The maximum atomic E-state index is 11.7. The predicted molar refractivity (Wildman–Crippen MR) is 119 cm³/mol. The van der Waals surface area contributed by atoms with E-state index in [0.29, 0.717) is 39.6 Å². The van der Waals surface area contributed by atoms with E-state index in [4.69, 9.17) is 37.9 Å². The van der Waals surface area contributed by atoms with Crippen molar-refractivity contribution in [2.45, 2.75) is 56.7 Å². The molecule has 0 spiro atoms. The zero-order chi connectivity index (χ0) is 25.5. The third-order valence-electron chi connectivity index (χ3n) is 5.49. The minimum absolute atomic E-state index is 0.0186. The lowest BCUT2D eigenvalue weighted by Crippen LogP contribution is -2.65. The van der Waals surface area contributed by atoms with Crippen LogP contribution in [0.3, 0.4) is 0 Å². The molecule has 0 saturated carbocycles. The number of ether oxygens (including phenoxy) is 8. The lowest BCUT2D eigenvalue weighted by molar-refractivity contribution is -0.214. The van der Waals surface area contributed by atoms with E-state index >= 15 is 0 Å². The third-order valence-corrected chi connectivity index (χ3v) is 6.09. The van der Waals surface area contributed by atoms with Crippen molar-refractivity contribution in [3.05, 3.63) is 0 Å². The smallest absolute Gasteiger partial charge is 0.264 e. The predicted octanol–water partition coefficient (Wildman–Crippen LogP) is -0.821. The van der Waals surface area contributed by atoms with Crippen LogP contribution in [0.1, 0.15) is 20.8 Å². The van der Waals surface area contributed by atoms with Gasteiger partial charge in [-0.2, -0.15) is 8.42 Å². The second-order valence-electron chi connectivity index (χ2n) is 9.02. The Labute approximate surface area is 206 Å². The summed E-state index contributed by atoms with van der Waals surface area (Å²) in [5.41, 5.74) is -0.826. The molecule has 0 aromatic rings. The van der Waals surface area contributed by atoms with Crippen LogP contribution in [0, 0.1) is 0 Å². The molecular weight excluding hydrogens is 490 g/mol.